The minimum absolute atomic E-state index is 0.208. The Morgan fingerprint density at radius 3 is 2.10 bits per heavy atom. The molecule has 0 aliphatic rings. The summed E-state index contributed by atoms with van der Waals surface area (Å²) >= 11 is 0. The van der Waals surface area contributed by atoms with Crippen molar-refractivity contribution in [1.29, 1.82) is 0 Å². The van der Waals surface area contributed by atoms with E-state index in [-0.39, 0.29) is 12.4 Å². The highest BCUT2D eigenvalue weighted by molar-refractivity contribution is 5.98. The highest BCUT2D eigenvalue weighted by atomic mass is 16.7. The zero-order valence-corrected chi connectivity index (χ0v) is 16.6. The van der Waals surface area contributed by atoms with Crippen LogP contribution in [0.5, 0.6) is 11.5 Å². The second-order valence-corrected chi connectivity index (χ2v) is 6.59. The summed E-state index contributed by atoms with van der Waals surface area (Å²) < 4.78 is 15.8. The molecule has 3 aromatic rings. The number of ether oxygens (including phenoxy) is 3. The van der Waals surface area contributed by atoms with E-state index < -0.39 is 12.1 Å². The first-order valence-corrected chi connectivity index (χ1v) is 9.79. The van der Waals surface area contributed by atoms with Crippen LogP contribution in [-0.4, -0.2) is 18.7 Å². The number of hydrogen-bond acceptors (Lipinski definition) is 5. The fourth-order valence-corrected chi connectivity index (χ4v) is 3.03. The van der Waals surface area contributed by atoms with Crippen molar-refractivity contribution >= 4 is 22.9 Å². The van der Waals surface area contributed by atoms with E-state index in [9.17, 15) is 9.59 Å². The van der Waals surface area contributed by atoms with Crippen LogP contribution < -0.4 is 9.47 Å². The molecule has 5 nitrogen and oxygen atoms in total. The Labute approximate surface area is 170 Å². The van der Waals surface area contributed by atoms with Crippen molar-refractivity contribution in [2.45, 2.75) is 33.1 Å². The summed E-state index contributed by atoms with van der Waals surface area (Å²) in [4.78, 5) is 24.4. The highest BCUT2D eigenvalue weighted by Gasteiger charge is 2.16. The molecule has 0 amide bonds. The first-order valence-electron chi connectivity index (χ1n) is 9.79. The number of benzene rings is 3. The molecule has 0 unspecified atom stereocenters. The van der Waals surface area contributed by atoms with E-state index in [0.717, 1.165) is 24.6 Å². The SMILES string of the molecule is CCCCc1ccc(C(=O)Oc2cccc3cccc(OC(=O)OCC)c23)cc1. The summed E-state index contributed by atoms with van der Waals surface area (Å²) in [5, 5.41) is 1.32. The van der Waals surface area contributed by atoms with E-state index in [0.29, 0.717) is 16.7 Å². The fourth-order valence-electron chi connectivity index (χ4n) is 3.03. The van der Waals surface area contributed by atoms with E-state index in [1.807, 2.05) is 24.3 Å². The van der Waals surface area contributed by atoms with Crippen molar-refractivity contribution in [3.8, 4) is 11.5 Å². The van der Waals surface area contributed by atoms with Gasteiger partial charge in [0.2, 0.25) is 0 Å². The maximum absolute atomic E-state index is 12.7. The summed E-state index contributed by atoms with van der Waals surface area (Å²) in [7, 11) is 0. The lowest BCUT2D eigenvalue weighted by Gasteiger charge is -2.12. The second kappa shape index (κ2) is 9.73. The van der Waals surface area contributed by atoms with Gasteiger partial charge in [0.05, 0.1) is 17.6 Å². The van der Waals surface area contributed by atoms with Crippen LogP contribution in [0.25, 0.3) is 10.8 Å². The normalized spacial score (nSPS) is 10.6. The van der Waals surface area contributed by atoms with E-state index in [2.05, 4.69) is 6.92 Å². The first-order chi connectivity index (χ1) is 14.1. The summed E-state index contributed by atoms with van der Waals surface area (Å²) in [6.45, 7) is 4.06. The number of carbonyl (C=O) groups is 2. The molecule has 0 saturated carbocycles. The number of fused-ring (bicyclic) bond motifs is 1. The molecule has 3 rings (SSSR count). The molecule has 0 radical (unpaired) electrons. The molecule has 29 heavy (non-hydrogen) atoms. The molecule has 0 saturated heterocycles. The van der Waals surface area contributed by atoms with Gasteiger partial charge in [-0.3, -0.25) is 0 Å². The number of hydrogen-bond donors (Lipinski definition) is 0. The molecule has 150 valence electrons. The number of esters is 1. The largest absolute Gasteiger partial charge is 0.513 e. The van der Waals surface area contributed by atoms with Gasteiger partial charge >= 0.3 is 12.1 Å². The molecule has 0 bridgehead atoms. The van der Waals surface area contributed by atoms with Crippen molar-refractivity contribution < 1.29 is 23.8 Å². The number of rotatable bonds is 7. The zero-order chi connectivity index (χ0) is 20.6. The van der Waals surface area contributed by atoms with Gasteiger partial charge in [-0.2, -0.15) is 0 Å². The van der Waals surface area contributed by atoms with Crippen LogP contribution in [0.4, 0.5) is 4.79 Å². The average Bonchev–Trinajstić information content (AvgIpc) is 2.73. The Hall–Kier alpha value is -3.34. The Kier molecular flexibility index (Phi) is 6.85. The van der Waals surface area contributed by atoms with Crippen molar-refractivity contribution in [1.82, 2.24) is 0 Å². The van der Waals surface area contributed by atoms with Crippen molar-refractivity contribution in [2.75, 3.05) is 6.61 Å². The molecular weight excluding hydrogens is 368 g/mol. The number of carbonyl (C=O) groups excluding carboxylic acids is 2. The van der Waals surface area contributed by atoms with E-state index in [4.69, 9.17) is 14.2 Å². The Morgan fingerprint density at radius 1 is 0.828 bits per heavy atom. The quantitative estimate of drug-likeness (QED) is 0.283. The van der Waals surface area contributed by atoms with Crippen LogP contribution in [0.2, 0.25) is 0 Å². The summed E-state index contributed by atoms with van der Waals surface area (Å²) in [5.41, 5.74) is 1.66. The third-order valence-corrected chi connectivity index (χ3v) is 4.50. The molecular formula is C24H24O5. The second-order valence-electron chi connectivity index (χ2n) is 6.59. The minimum Gasteiger partial charge on any atom is -0.434 e. The molecule has 5 heteroatoms. The predicted octanol–water partition coefficient (Wildman–Crippen LogP) is 5.94. The lowest BCUT2D eigenvalue weighted by molar-refractivity contribution is 0.0737. The summed E-state index contributed by atoms with van der Waals surface area (Å²) in [5.74, 6) is 0.132. The third kappa shape index (κ3) is 5.13. The topological polar surface area (TPSA) is 61.8 Å². The number of aryl methyl sites for hydroxylation is 1. The van der Waals surface area contributed by atoms with Gasteiger partial charge < -0.3 is 14.2 Å². The lowest BCUT2D eigenvalue weighted by atomic mass is 10.1. The number of unbranched alkanes of at least 4 members (excludes halogenated alkanes) is 1. The molecule has 3 aromatic carbocycles. The van der Waals surface area contributed by atoms with Gasteiger partial charge in [-0.25, -0.2) is 9.59 Å². The van der Waals surface area contributed by atoms with E-state index >= 15 is 0 Å². The Bertz CT molecular complexity index is 987. The van der Waals surface area contributed by atoms with Crippen LogP contribution in [0.15, 0.2) is 60.7 Å². The smallest absolute Gasteiger partial charge is 0.434 e. The highest BCUT2D eigenvalue weighted by Crippen LogP contribution is 2.34. The summed E-state index contributed by atoms with van der Waals surface area (Å²) in [6, 6.07) is 18.0. The molecule has 0 N–H and O–H groups in total. The van der Waals surface area contributed by atoms with Gasteiger partial charge in [-0.15, -0.1) is 0 Å². The third-order valence-electron chi connectivity index (χ3n) is 4.50. The predicted molar refractivity (Wildman–Crippen MR) is 112 cm³/mol. The van der Waals surface area contributed by atoms with Crippen LogP contribution in [-0.2, 0) is 11.2 Å². The monoisotopic (exact) mass is 392 g/mol. The van der Waals surface area contributed by atoms with Gasteiger partial charge in [-0.05, 0) is 55.0 Å². The fraction of sp³-hybridized carbons (Fsp3) is 0.250. The summed E-state index contributed by atoms with van der Waals surface area (Å²) in [6.07, 6.45) is 2.43. The molecule has 0 heterocycles. The van der Waals surface area contributed by atoms with Crippen LogP contribution >= 0.6 is 0 Å². The maximum atomic E-state index is 12.7. The van der Waals surface area contributed by atoms with Gasteiger partial charge in [-0.1, -0.05) is 49.7 Å². The maximum Gasteiger partial charge on any atom is 0.513 e. The Balaban J connectivity index is 1.85. The van der Waals surface area contributed by atoms with Crippen molar-refractivity contribution in [3.63, 3.8) is 0 Å². The molecule has 0 aromatic heterocycles. The first kappa shape index (κ1) is 20.4. The average molecular weight is 392 g/mol. The Morgan fingerprint density at radius 2 is 1.48 bits per heavy atom. The zero-order valence-electron chi connectivity index (χ0n) is 16.6. The molecule has 0 atom stereocenters. The van der Waals surface area contributed by atoms with Crippen molar-refractivity contribution in [3.05, 3.63) is 71.8 Å². The van der Waals surface area contributed by atoms with Crippen molar-refractivity contribution in [2.24, 2.45) is 0 Å². The standard InChI is InChI=1S/C24H24O5/c1-3-5-8-17-13-15-19(16-14-17)23(25)28-20-11-6-9-18-10-7-12-21(22(18)20)29-24(26)27-4-2/h6-7,9-16H,3-5,8H2,1-2H3. The molecule has 0 spiro atoms. The van der Waals surface area contributed by atoms with Gasteiger partial charge in [0.25, 0.3) is 0 Å². The molecule has 0 aliphatic carbocycles. The van der Waals surface area contributed by atoms with E-state index in [1.165, 1.54) is 5.56 Å². The van der Waals surface area contributed by atoms with Gasteiger partial charge in [0.1, 0.15) is 11.5 Å². The lowest BCUT2D eigenvalue weighted by Crippen LogP contribution is -2.11. The van der Waals surface area contributed by atoms with Crippen LogP contribution in [0.1, 0.15) is 42.6 Å². The van der Waals surface area contributed by atoms with Gasteiger partial charge in [0.15, 0.2) is 0 Å². The van der Waals surface area contributed by atoms with Gasteiger partial charge in [0, 0.05) is 0 Å². The van der Waals surface area contributed by atoms with Crippen LogP contribution in [0.3, 0.4) is 0 Å². The van der Waals surface area contributed by atoms with E-state index in [1.54, 1.807) is 43.3 Å². The minimum atomic E-state index is -0.802. The van der Waals surface area contributed by atoms with Crippen LogP contribution in [0, 0.1) is 0 Å². The molecule has 0 fully saturated rings. The molecule has 0 aliphatic heterocycles.